The van der Waals surface area contributed by atoms with E-state index in [1.54, 1.807) is 42.5 Å². The normalized spacial score (nSPS) is 11.9. The SMILES string of the molecule is CNC(=O)[C@H](Cc1ccccc1)N(Cc1cccc(C)c1)C(=O)CN(c1ccc(Cl)cc1)S(=O)(=O)c1ccccc1. The summed E-state index contributed by atoms with van der Waals surface area (Å²) < 4.78 is 28.8. The van der Waals surface area contributed by atoms with Crippen LogP contribution in [0.25, 0.3) is 0 Å². The summed E-state index contributed by atoms with van der Waals surface area (Å²) in [5, 5.41) is 3.12. The minimum atomic E-state index is -4.14. The molecule has 41 heavy (non-hydrogen) atoms. The first-order valence-electron chi connectivity index (χ1n) is 13.1. The van der Waals surface area contributed by atoms with Gasteiger partial charge in [0, 0.05) is 25.0 Å². The molecule has 0 radical (unpaired) electrons. The van der Waals surface area contributed by atoms with E-state index in [4.69, 9.17) is 11.6 Å². The van der Waals surface area contributed by atoms with Gasteiger partial charge in [-0.05, 0) is 54.4 Å². The summed E-state index contributed by atoms with van der Waals surface area (Å²) in [7, 11) is -2.62. The summed E-state index contributed by atoms with van der Waals surface area (Å²) in [4.78, 5) is 29.0. The van der Waals surface area contributed by atoms with Gasteiger partial charge in [0.15, 0.2) is 0 Å². The lowest BCUT2D eigenvalue weighted by molar-refractivity contribution is -0.139. The summed E-state index contributed by atoms with van der Waals surface area (Å²) in [5.41, 5.74) is 2.98. The third-order valence-electron chi connectivity index (χ3n) is 6.68. The number of rotatable bonds is 11. The van der Waals surface area contributed by atoms with Gasteiger partial charge >= 0.3 is 0 Å². The summed E-state index contributed by atoms with van der Waals surface area (Å²) in [5.74, 6) is -0.871. The van der Waals surface area contributed by atoms with Gasteiger partial charge in [0.05, 0.1) is 10.6 Å². The maximum atomic E-state index is 14.2. The molecule has 0 fully saturated rings. The zero-order valence-corrected chi connectivity index (χ0v) is 24.5. The largest absolute Gasteiger partial charge is 0.357 e. The van der Waals surface area contributed by atoms with Crippen LogP contribution in [0, 0.1) is 6.92 Å². The molecule has 0 unspecified atom stereocenters. The van der Waals surface area contributed by atoms with Gasteiger partial charge in [0.1, 0.15) is 12.6 Å². The molecule has 7 nitrogen and oxygen atoms in total. The van der Waals surface area contributed by atoms with E-state index in [1.807, 2.05) is 61.5 Å². The number of nitrogens with one attached hydrogen (secondary N) is 1. The molecular formula is C32H32ClN3O4S. The Hall–Kier alpha value is -4.14. The number of hydrogen-bond acceptors (Lipinski definition) is 4. The smallest absolute Gasteiger partial charge is 0.264 e. The van der Waals surface area contributed by atoms with Crippen LogP contribution in [0.2, 0.25) is 5.02 Å². The van der Waals surface area contributed by atoms with E-state index in [0.29, 0.717) is 5.02 Å². The summed E-state index contributed by atoms with van der Waals surface area (Å²) in [6, 6.07) is 30.4. The molecule has 0 aliphatic heterocycles. The average molecular weight is 590 g/mol. The molecule has 2 amide bonds. The van der Waals surface area contributed by atoms with Crippen molar-refractivity contribution in [3.63, 3.8) is 0 Å². The average Bonchev–Trinajstić information content (AvgIpc) is 2.98. The highest BCUT2D eigenvalue weighted by atomic mass is 35.5. The van der Waals surface area contributed by atoms with E-state index >= 15 is 0 Å². The maximum absolute atomic E-state index is 14.2. The van der Waals surface area contributed by atoms with Crippen molar-refractivity contribution in [1.82, 2.24) is 10.2 Å². The second-order valence-electron chi connectivity index (χ2n) is 9.63. The molecule has 0 aliphatic carbocycles. The summed E-state index contributed by atoms with van der Waals surface area (Å²) in [6.07, 6.45) is 0.254. The Morgan fingerprint density at radius 3 is 2.05 bits per heavy atom. The molecule has 9 heteroatoms. The number of carbonyl (C=O) groups excluding carboxylic acids is 2. The minimum absolute atomic E-state index is 0.0418. The first-order valence-corrected chi connectivity index (χ1v) is 14.9. The fourth-order valence-electron chi connectivity index (χ4n) is 4.58. The molecule has 4 rings (SSSR count). The van der Waals surface area contributed by atoms with Crippen molar-refractivity contribution in [3.8, 4) is 0 Å². The number of anilines is 1. The van der Waals surface area contributed by atoms with Crippen LogP contribution in [0.4, 0.5) is 5.69 Å². The van der Waals surface area contributed by atoms with Gasteiger partial charge in [-0.15, -0.1) is 0 Å². The van der Waals surface area contributed by atoms with Crippen molar-refractivity contribution in [2.45, 2.75) is 30.8 Å². The predicted octanol–water partition coefficient (Wildman–Crippen LogP) is 5.23. The van der Waals surface area contributed by atoms with Crippen molar-refractivity contribution >= 4 is 39.1 Å². The van der Waals surface area contributed by atoms with Gasteiger partial charge in [-0.2, -0.15) is 0 Å². The molecule has 0 aromatic heterocycles. The number of carbonyl (C=O) groups is 2. The molecule has 0 spiro atoms. The molecule has 0 saturated heterocycles. The highest BCUT2D eigenvalue weighted by molar-refractivity contribution is 7.92. The van der Waals surface area contributed by atoms with Crippen molar-refractivity contribution in [1.29, 1.82) is 0 Å². The Bertz CT molecular complexity index is 1580. The van der Waals surface area contributed by atoms with Crippen LogP contribution in [0.1, 0.15) is 16.7 Å². The van der Waals surface area contributed by atoms with Crippen molar-refractivity contribution in [2.75, 3.05) is 17.9 Å². The number of sulfonamides is 1. The number of amides is 2. The van der Waals surface area contributed by atoms with E-state index in [2.05, 4.69) is 5.32 Å². The number of benzene rings is 4. The van der Waals surface area contributed by atoms with Crippen molar-refractivity contribution in [2.24, 2.45) is 0 Å². The third kappa shape index (κ3) is 7.54. The molecule has 1 N–H and O–H groups in total. The lowest BCUT2D eigenvalue weighted by Gasteiger charge is -2.33. The van der Waals surface area contributed by atoms with E-state index < -0.39 is 28.5 Å². The number of hydrogen-bond donors (Lipinski definition) is 1. The van der Waals surface area contributed by atoms with Crippen molar-refractivity contribution in [3.05, 3.63) is 131 Å². The topological polar surface area (TPSA) is 86.8 Å². The maximum Gasteiger partial charge on any atom is 0.264 e. The van der Waals surface area contributed by atoms with Gasteiger partial charge in [-0.1, -0.05) is 90.0 Å². The van der Waals surface area contributed by atoms with Crippen LogP contribution >= 0.6 is 11.6 Å². The lowest BCUT2D eigenvalue weighted by atomic mass is 10.0. The highest BCUT2D eigenvalue weighted by Crippen LogP contribution is 2.26. The second kappa shape index (κ2) is 13.5. The van der Waals surface area contributed by atoms with Gasteiger partial charge in [0.25, 0.3) is 10.0 Å². The molecule has 4 aromatic rings. The van der Waals surface area contributed by atoms with Gasteiger partial charge in [-0.3, -0.25) is 13.9 Å². The predicted molar refractivity (Wildman–Crippen MR) is 162 cm³/mol. The van der Waals surface area contributed by atoms with Crippen LogP contribution in [0.15, 0.2) is 114 Å². The number of halogens is 1. The zero-order chi connectivity index (χ0) is 29.4. The van der Waals surface area contributed by atoms with Crippen LogP contribution in [-0.4, -0.2) is 44.8 Å². The molecule has 0 saturated carbocycles. The Labute approximate surface area is 246 Å². The van der Waals surface area contributed by atoms with E-state index in [-0.39, 0.29) is 29.5 Å². The fraction of sp³-hybridized carbons (Fsp3) is 0.188. The number of likely N-dealkylation sites (N-methyl/N-ethyl adjacent to an activating group) is 1. The zero-order valence-electron chi connectivity index (χ0n) is 22.9. The Balaban J connectivity index is 1.78. The monoisotopic (exact) mass is 589 g/mol. The molecule has 212 valence electrons. The third-order valence-corrected chi connectivity index (χ3v) is 8.72. The van der Waals surface area contributed by atoms with E-state index in [1.165, 1.54) is 24.1 Å². The second-order valence-corrected chi connectivity index (χ2v) is 11.9. The number of aryl methyl sites for hydroxylation is 1. The van der Waals surface area contributed by atoms with Gasteiger partial charge < -0.3 is 10.2 Å². The summed E-state index contributed by atoms with van der Waals surface area (Å²) >= 11 is 6.09. The lowest BCUT2D eigenvalue weighted by Crippen LogP contribution is -2.53. The minimum Gasteiger partial charge on any atom is -0.357 e. The molecular weight excluding hydrogens is 558 g/mol. The Kier molecular flexibility index (Phi) is 9.81. The first-order chi connectivity index (χ1) is 19.7. The van der Waals surface area contributed by atoms with Crippen LogP contribution in [0.5, 0.6) is 0 Å². The first kappa shape index (κ1) is 29.8. The van der Waals surface area contributed by atoms with Crippen LogP contribution < -0.4 is 9.62 Å². The van der Waals surface area contributed by atoms with Gasteiger partial charge in [0.2, 0.25) is 11.8 Å². The highest BCUT2D eigenvalue weighted by Gasteiger charge is 2.34. The Morgan fingerprint density at radius 2 is 1.44 bits per heavy atom. The molecule has 0 bridgehead atoms. The molecule has 4 aromatic carbocycles. The molecule has 0 heterocycles. The van der Waals surface area contributed by atoms with Gasteiger partial charge in [-0.25, -0.2) is 8.42 Å². The fourth-order valence-corrected chi connectivity index (χ4v) is 6.14. The molecule has 1 atom stereocenters. The Morgan fingerprint density at radius 1 is 0.829 bits per heavy atom. The molecule has 0 aliphatic rings. The van der Waals surface area contributed by atoms with Crippen LogP contribution in [0.3, 0.4) is 0 Å². The number of nitrogens with zero attached hydrogens (tertiary/aromatic N) is 2. The van der Waals surface area contributed by atoms with Crippen LogP contribution in [-0.2, 0) is 32.6 Å². The van der Waals surface area contributed by atoms with Crippen molar-refractivity contribution < 1.29 is 18.0 Å². The van der Waals surface area contributed by atoms with E-state index in [9.17, 15) is 18.0 Å². The standard InChI is InChI=1S/C32H32ClN3O4S/c1-24-10-9-13-26(20-24)22-35(30(32(38)34-2)21-25-11-5-3-6-12-25)31(37)23-36(28-18-16-27(33)17-19-28)41(39,40)29-14-7-4-8-15-29/h3-20,30H,21-23H2,1-2H3,(H,34,38)/t30-/m0/s1. The van der Waals surface area contributed by atoms with E-state index in [0.717, 1.165) is 21.0 Å². The quantitative estimate of drug-likeness (QED) is 0.260. The summed E-state index contributed by atoms with van der Waals surface area (Å²) in [6.45, 7) is 1.54.